The zero-order valence-electron chi connectivity index (χ0n) is 8.34. The summed E-state index contributed by atoms with van der Waals surface area (Å²) < 4.78 is 5.36. The van der Waals surface area contributed by atoms with Crippen LogP contribution in [0.3, 0.4) is 0 Å². The number of ether oxygens (including phenoxy) is 1. The minimum Gasteiger partial charge on any atom is -0.488 e. The van der Waals surface area contributed by atoms with Gasteiger partial charge in [0, 0.05) is 12.3 Å². The Kier molecular flexibility index (Phi) is 4.13. The van der Waals surface area contributed by atoms with E-state index in [1.165, 1.54) is 6.08 Å². The summed E-state index contributed by atoms with van der Waals surface area (Å²) in [4.78, 5) is 14.4. The maximum absolute atomic E-state index is 10.3. The summed E-state index contributed by atoms with van der Waals surface area (Å²) in [6.45, 7) is 1.34. The third-order valence-corrected chi connectivity index (χ3v) is 1.94. The summed E-state index contributed by atoms with van der Waals surface area (Å²) in [5, 5.41) is 11.5. The molecule has 0 fully saturated rings. The van der Waals surface area contributed by atoms with Gasteiger partial charge >= 0.3 is 5.97 Å². The number of hydrogen-bond donors (Lipinski definition) is 2. The van der Waals surface area contributed by atoms with Crippen LogP contribution in [0.1, 0.15) is 5.56 Å². The van der Waals surface area contributed by atoms with Crippen LogP contribution in [0.5, 0.6) is 5.75 Å². The molecule has 0 aliphatic carbocycles. The monoisotopic (exact) mass is 242 g/mol. The molecule has 0 aromatic carbocycles. The lowest BCUT2D eigenvalue weighted by atomic mass is 10.2. The maximum Gasteiger partial charge on any atom is 0.328 e. The number of fused-ring (bicyclic) bond motifs is 1. The summed E-state index contributed by atoms with van der Waals surface area (Å²) in [5.41, 5.74) is 0.708. The molecule has 1 aliphatic rings. The van der Waals surface area contributed by atoms with Gasteiger partial charge in [-0.1, -0.05) is 0 Å². The predicted octanol–water partition coefficient (Wildman–Crippen LogP) is 1.41. The van der Waals surface area contributed by atoms with Crippen molar-refractivity contribution in [2.45, 2.75) is 0 Å². The number of hydrogen-bond acceptors (Lipinski definition) is 4. The number of rotatable bonds is 2. The van der Waals surface area contributed by atoms with Crippen LogP contribution in [-0.2, 0) is 4.79 Å². The van der Waals surface area contributed by atoms with E-state index in [2.05, 4.69) is 10.3 Å². The molecule has 0 amide bonds. The van der Waals surface area contributed by atoms with Crippen molar-refractivity contribution in [2.75, 3.05) is 18.5 Å². The van der Waals surface area contributed by atoms with E-state index in [1.54, 1.807) is 12.3 Å². The Morgan fingerprint density at radius 3 is 3.19 bits per heavy atom. The van der Waals surface area contributed by atoms with E-state index in [9.17, 15) is 4.79 Å². The normalized spacial score (nSPS) is 13.2. The maximum atomic E-state index is 10.3. The van der Waals surface area contributed by atoms with Gasteiger partial charge < -0.3 is 15.2 Å². The molecule has 5 nitrogen and oxygen atoms in total. The fraction of sp³-hybridized carbons (Fsp3) is 0.200. The number of pyridine rings is 1. The first kappa shape index (κ1) is 12.3. The first-order chi connectivity index (χ1) is 7.25. The van der Waals surface area contributed by atoms with Crippen molar-refractivity contribution >= 4 is 30.3 Å². The number of carboxylic acid groups (broad SMARTS) is 1. The third kappa shape index (κ3) is 2.87. The van der Waals surface area contributed by atoms with Gasteiger partial charge in [-0.15, -0.1) is 12.4 Å². The van der Waals surface area contributed by atoms with Gasteiger partial charge in [0.15, 0.2) is 11.6 Å². The van der Waals surface area contributed by atoms with Crippen molar-refractivity contribution in [1.82, 2.24) is 4.98 Å². The average Bonchev–Trinajstić information content (AvgIpc) is 2.26. The molecule has 0 unspecified atom stereocenters. The van der Waals surface area contributed by atoms with Crippen molar-refractivity contribution in [3.8, 4) is 5.75 Å². The second-order valence-corrected chi connectivity index (χ2v) is 3.06. The van der Waals surface area contributed by atoms with E-state index in [0.717, 1.165) is 12.6 Å². The quantitative estimate of drug-likeness (QED) is 0.768. The van der Waals surface area contributed by atoms with Crippen LogP contribution in [-0.4, -0.2) is 29.2 Å². The molecule has 1 aromatic heterocycles. The largest absolute Gasteiger partial charge is 0.488 e. The van der Waals surface area contributed by atoms with Crippen molar-refractivity contribution < 1.29 is 14.6 Å². The molecule has 2 N–H and O–H groups in total. The van der Waals surface area contributed by atoms with Gasteiger partial charge in [-0.25, -0.2) is 9.78 Å². The van der Waals surface area contributed by atoms with Gasteiger partial charge in [-0.05, 0) is 17.7 Å². The van der Waals surface area contributed by atoms with Crippen molar-refractivity contribution in [1.29, 1.82) is 0 Å². The lowest BCUT2D eigenvalue weighted by Gasteiger charge is -2.17. The van der Waals surface area contributed by atoms with Gasteiger partial charge in [0.25, 0.3) is 0 Å². The minimum absolute atomic E-state index is 0. The average molecular weight is 243 g/mol. The Morgan fingerprint density at radius 1 is 1.62 bits per heavy atom. The van der Waals surface area contributed by atoms with E-state index in [0.29, 0.717) is 23.7 Å². The summed E-state index contributed by atoms with van der Waals surface area (Å²) in [7, 11) is 0. The fourth-order valence-electron chi connectivity index (χ4n) is 1.29. The zero-order valence-corrected chi connectivity index (χ0v) is 9.16. The van der Waals surface area contributed by atoms with E-state index in [1.807, 2.05) is 0 Å². The molecule has 1 aromatic rings. The lowest BCUT2D eigenvalue weighted by molar-refractivity contribution is -0.131. The first-order valence-corrected chi connectivity index (χ1v) is 4.53. The number of anilines is 1. The van der Waals surface area contributed by atoms with Crippen LogP contribution in [0.15, 0.2) is 18.3 Å². The standard InChI is InChI=1S/C10H10N2O3.ClH/c13-9(14)2-1-7-5-8-10(12-6-7)11-3-4-15-8;/h1-2,5-6H,3-4H2,(H,11,12)(H,13,14);1H/b2-1+;. The van der Waals surface area contributed by atoms with Crippen LogP contribution in [0.25, 0.3) is 6.08 Å². The number of nitrogens with one attached hydrogen (secondary N) is 1. The summed E-state index contributed by atoms with van der Waals surface area (Å²) >= 11 is 0. The van der Waals surface area contributed by atoms with Gasteiger partial charge in [0.1, 0.15) is 6.61 Å². The van der Waals surface area contributed by atoms with Crippen molar-refractivity contribution in [3.63, 3.8) is 0 Å². The Balaban J connectivity index is 0.00000128. The van der Waals surface area contributed by atoms with E-state index >= 15 is 0 Å². The molecule has 86 valence electrons. The van der Waals surface area contributed by atoms with Crippen LogP contribution >= 0.6 is 12.4 Å². The highest BCUT2D eigenvalue weighted by atomic mass is 35.5. The molecule has 2 rings (SSSR count). The predicted molar refractivity (Wildman–Crippen MR) is 62.1 cm³/mol. The Hall–Kier alpha value is -1.75. The molecule has 2 heterocycles. The van der Waals surface area contributed by atoms with Crippen molar-refractivity contribution in [2.24, 2.45) is 0 Å². The highest BCUT2D eigenvalue weighted by Gasteiger charge is 2.10. The molecule has 6 heteroatoms. The minimum atomic E-state index is -0.980. The van der Waals surface area contributed by atoms with E-state index < -0.39 is 5.97 Å². The first-order valence-electron chi connectivity index (χ1n) is 4.53. The molecule has 0 radical (unpaired) electrons. The van der Waals surface area contributed by atoms with Crippen molar-refractivity contribution in [3.05, 3.63) is 23.9 Å². The van der Waals surface area contributed by atoms with Gasteiger partial charge in [0.05, 0.1) is 6.54 Å². The number of halogens is 1. The molecule has 1 aliphatic heterocycles. The summed E-state index contributed by atoms with van der Waals surface area (Å²) in [5.74, 6) is 0.384. The zero-order chi connectivity index (χ0) is 10.7. The van der Waals surface area contributed by atoms with E-state index in [4.69, 9.17) is 9.84 Å². The molecular weight excluding hydrogens is 232 g/mol. The Bertz CT molecular complexity index is 421. The van der Waals surface area contributed by atoms with Gasteiger partial charge in [-0.2, -0.15) is 0 Å². The molecule has 0 bridgehead atoms. The van der Waals surface area contributed by atoms with Crippen LogP contribution < -0.4 is 10.1 Å². The SMILES string of the molecule is Cl.O=C(O)/C=C/c1cnc2c(c1)OCCN2. The van der Waals surface area contributed by atoms with E-state index in [-0.39, 0.29) is 12.4 Å². The number of aromatic nitrogens is 1. The molecule has 0 saturated heterocycles. The second-order valence-electron chi connectivity index (χ2n) is 3.06. The third-order valence-electron chi connectivity index (χ3n) is 1.94. The van der Waals surface area contributed by atoms with Crippen LogP contribution in [0.4, 0.5) is 5.82 Å². The number of carboxylic acids is 1. The molecule has 0 saturated carbocycles. The Labute approximate surface area is 98.6 Å². The smallest absolute Gasteiger partial charge is 0.328 e. The van der Waals surface area contributed by atoms with Crippen LogP contribution in [0.2, 0.25) is 0 Å². The van der Waals surface area contributed by atoms with Gasteiger partial charge in [-0.3, -0.25) is 0 Å². The number of nitrogens with zero attached hydrogens (tertiary/aromatic N) is 1. The fourth-order valence-corrected chi connectivity index (χ4v) is 1.29. The number of carbonyl (C=O) groups is 1. The lowest BCUT2D eigenvalue weighted by Crippen LogP contribution is -2.18. The molecular formula is C10H11ClN2O3. The highest BCUT2D eigenvalue weighted by Crippen LogP contribution is 2.25. The second kappa shape index (κ2) is 5.37. The highest BCUT2D eigenvalue weighted by molar-refractivity contribution is 5.85. The van der Waals surface area contributed by atoms with Gasteiger partial charge in [0.2, 0.25) is 0 Å². The molecule has 16 heavy (non-hydrogen) atoms. The molecule has 0 atom stereocenters. The molecule has 0 spiro atoms. The summed E-state index contributed by atoms with van der Waals surface area (Å²) in [6, 6.07) is 1.76. The topological polar surface area (TPSA) is 71.5 Å². The Morgan fingerprint density at radius 2 is 2.44 bits per heavy atom. The van der Waals surface area contributed by atoms with Crippen LogP contribution in [0, 0.1) is 0 Å². The summed E-state index contributed by atoms with van der Waals surface area (Å²) in [6.07, 6.45) is 4.15. The number of aliphatic carboxylic acids is 1.